The number of ether oxygens (including phenoxy) is 1. The zero-order valence-electron chi connectivity index (χ0n) is 8.28. The van der Waals surface area contributed by atoms with Crippen molar-refractivity contribution in [1.82, 2.24) is 4.98 Å². The Morgan fingerprint density at radius 2 is 2.33 bits per heavy atom. The van der Waals surface area contributed by atoms with Crippen molar-refractivity contribution < 1.29 is 9.53 Å². The SMILES string of the molecule is O=C(OCCC1CC1)c1ccc(Cl)nc1. The van der Waals surface area contributed by atoms with Crippen LogP contribution in [-0.2, 0) is 4.74 Å². The molecule has 1 fully saturated rings. The predicted molar refractivity (Wildman–Crippen MR) is 56.9 cm³/mol. The van der Waals surface area contributed by atoms with Crippen molar-refractivity contribution in [2.45, 2.75) is 19.3 Å². The fraction of sp³-hybridized carbons (Fsp3) is 0.455. The van der Waals surface area contributed by atoms with Gasteiger partial charge in [-0.15, -0.1) is 0 Å². The van der Waals surface area contributed by atoms with Gasteiger partial charge >= 0.3 is 5.97 Å². The minimum atomic E-state index is -0.320. The van der Waals surface area contributed by atoms with Gasteiger partial charge in [0.2, 0.25) is 0 Å². The minimum Gasteiger partial charge on any atom is -0.462 e. The first-order valence-electron chi connectivity index (χ1n) is 5.04. The highest BCUT2D eigenvalue weighted by atomic mass is 35.5. The predicted octanol–water partition coefficient (Wildman–Crippen LogP) is 2.69. The molecule has 2 rings (SSSR count). The largest absolute Gasteiger partial charge is 0.462 e. The third-order valence-electron chi connectivity index (χ3n) is 2.42. The summed E-state index contributed by atoms with van der Waals surface area (Å²) in [7, 11) is 0. The summed E-state index contributed by atoms with van der Waals surface area (Å²) in [4.78, 5) is 15.3. The van der Waals surface area contributed by atoms with Crippen LogP contribution in [0.3, 0.4) is 0 Å². The van der Waals surface area contributed by atoms with Gasteiger partial charge in [0.1, 0.15) is 5.15 Å². The van der Waals surface area contributed by atoms with E-state index in [9.17, 15) is 4.79 Å². The molecule has 0 saturated heterocycles. The van der Waals surface area contributed by atoms with Crippen molar-refractivity contribution in [3.05, 3.63) is 29.0 Å². The number of carbonyl (C=O) groups excluding carboxylic acids is 1. The lowest BCUT2D eigenvalue weighted by molar-refractivity contribution is 0.0494. The molecule has 0 aromatic carbocycles. The molecule has 0 unspecified atom stereocenters. The highest BCUT2D eigenvalue weighted by Crippen LogP contribution is 2.32. The highest BCUT2D eigenvalue weighted by molar-refractivity contribution is 6.29. The van der Waals surface area contributed by atoms with Crippen LogP contribution in [0.2, 0.25) is 5.15 Å². The number of hydrogen-bond acceptors (Lipinski definition) is 3. The number of hydrogen-bond donors (Lipinski definition) is 0. The Kier molecular flexibility index (Phi) is 3.21. The molecule has 1 heterocycles. The Morgan fingerprint density at radius 1 is 1.53 bits per heavy atom. The molecule has 4 heteroatoms. The molecule has 1 aromatic heterocycles. The molecule has 1 saturated carbocycles. The van der Waals surface area contributed by atoms with Gasteiger partial charge in [-0.25, -0.2) is 9.78 Å². The molecule has 1 aliphatic carbocycles. The summed E-state index contributed by atoms with van der Waals surface area (Å²) < 4.78 is 5.10. The van der Waals surface area contributed by atoms with Crippen molar-refractivity contribution in [2.24, 2.45) is 5.92 Å². The van der Waals surface area contributed by atoms with Gasteiger partial charge < -0.3 is 4.74 Å². The molecule has 0 amide bonds. The lowest BCUT2D eigenvalue weighted by Crippen LogP contribution is -2.07. The second-order valence-electron chi connectivity index (χ2n) is 3.74. The average molecular weight is 226 g/mol. The Bertz CT molecular complexity index is 346. The number of rotatable bonds is 4. The van der Waals surface area contributed by atoms with Gasteiger partial charge in [-0.3, -0.25) is 0 Å². The summed E-state index contributed by atoms with van der Waals surface area (Å²) in [6, 6.07) is 3.20. The summed E-state index contributed by atoms with van der Waals surface area (Å²) in [6.07, 6.45) is 4.97. The van der Waals surface area contributed by atoms with Gasteiger partial charge in [0.25, 0.3) is 0 Å². The molecule has 0 spiro atoms. The van der Waals surface area contributed by atoms with E-state index in [1.807, 2.05) is 0 Å². The molecular weight excluding hydrogens is 214 g/mol. The van der Waals surface area contributed by atoms with E-state index in [0.717, 1.165) is 12.3 Å². The lowest BCUT2D eigenvalue weighted by atomic mass is 10.3. The van der Waals surface area contributed by atoms with E-state index >= 15 is 0 Å². The fourth-order valence-electron chi connectivity index (χ4n) is 1.30. The molecule has 80 valence electrons. The molecule has 15 heavy (non-hydrogen) atoms. The zero-order chi connectivity index (χ0) is 10.7. The first-order chi connectivity index (χ1) is 7.25. The van der Waals surface area contributed by atoms with E-state index in [-0.39, 0.29) is 5.97 Å². The van der Waals surface area contributed by atoms with Crippen molar-refractivity contribution in [3.63, 3.8) is 0 Å². The van der Waals surface area contributed by atoms with Crippen LogP contribution in [0.4, 0.5) is 0 Å². The molecule has 0 N–H and O–H groups in total. The smallest absolute Gasteiger partial charge is 0.339 e. The monoisotopic (exact) mass is 225 g/mol. The van der Waals surface area contributed by atoms with E-state index < -0.39 is 0 Å². The van der Waals surface area contributed by atoms with Gasteiger partial charge in [0, 0.05) is 6.20 Å². The standard InChI is InChI=1S/C11H12ClNO2/c12-10-4-3-9(7-13-10)11(14)15-6-5-8-1-2-8/h3-4,7-8H,1-2,5-6H2. The number of aromatic nitrogens is 1. The first kappa shape index (κ1) is 10.4. The Balaban J connectivity index is 1.81. The summed E-state index contributed by atoms with van der Waals surface area (Å²) >= 11 is 5.61. The van der Waals surface area contributed by atoms with E-state index in [2.05, 4.69) is 4.98 Å². The average Bonchev–Trinajstić information content (AvgIpc) is 3.02. The second kappa shape index (κ2) is 4.62. The van der Waals surface area contributed by atoms with Gasteiger partial charge in [-0.2, -0.15) is 0 Å². The number of carbonyl (C=O) groups is 1. The molecule has 0 aliphatic heterocycles. The van der Waals surface area contributed by atoms with Crippen molar-refractivity contribution >= 4 is 17.6 Å². The number of halogens is 1. The Hall–Kier alpha value is -1.09. The minimum absolute atomic E-state index is 0.320. The molecule has 3 nitrogen and oxygen atoms in total. The quantitative estimate of drug-likeness (QED) is 0.584. The van der Waals surface area contributed by atoms with Crippen LogP contribution in [0, 0.1) is 5.92 Å². The van der Waals surface area contributed by atoms with Gasteiger partial charge in [0.05, 0.1) is 12.2 Å². The Labute approximate surface area is 93.4 Å². The molecular formula is C11H12ClNO2. The maximum atomic E-state index is 11.5. The summed E-state index contributed by atoms with van der Waals surface area (Å²) in [5.41, 5.74) is 0.454. The van der Waals surface area contributed by atoms with E-state index in [0.29, 0.717) is 17.3 Å². The summed E-state index contributed by atoms with van der Waals surface area (Å²) in [5.74, 6) is 0.459. The molecule has 1 aromatic rings. The summed E-state index contributed by atoms with van der Waals surface area (Å²) in [6.45, 7) is 0.506. The lowest BCUT2D eigenvalue weighted by Gasteiger charge is -2.03. The number of nitrogens with zero attached hydrogens (tertiary/aromatic N) is 1. The van der Waals surface area contributed by atoms with Crippen LogP contribution in [0.1, 0.15) is 29.6 Å². The maximum Gasteiger partial charge on any atom is 0.339 e. The third-order valence-corrected chi connectivity index (χ3v) is 2.64. The Morgan fingerprint density at radius 3 is 2.93 bits per heavy atom. The van der Waals surface area contributed by atoms with Gasteiger partial charge in [-0.1, -0.05) is 24.4 Å². The van der Waals surface area contributed by atoms with E-state index in [1.165, 1.54) is 19.0 Å². The molecule has 0 bridgehead atoms. The first-order valence-corrected chi connectivity index (χ1v) is 5.42. The number of esters is 1. The van der Waals surface area contributed by atoms with Crippen LogP contribution in [0.25, 0.3) is 0 Å². The second-order valence-corrected chi connectivity index (χ2v) is 4.12. The normalized spacial score (nSPS) is 15.0. The highest BCUT2D eigenvalue weighted by Gasteiger charge is 2.21. The van der Waals surface area contributed by atoms with Crippen molar-refractivity contribution in [3.8, 4) is 0 Å². The van der Waals surface area contributed by atoms with Crippen molar-refractivity contribution in [1.29, 1.82) is 0 Å². The van der Waals surface area contributed by atoms with Crippen LogP contribution in [0.5, 0.6) is 0 Å². The molecule has 0 radical (unpaired) electrons. The molecule has 0 atom stereocenters. The van der Waals surface area contributed by atoms with Crippen molar-refractivity contribution in [2.75, 3.05) is 6.61 Å². The zero-order valence-corrected chi connectivity index (χ0v) is 9.04. The van der Waals surface area contributed by atoms with Crippen LogP contribution >= 0.6 is 11.6 Å². The van der Waals surface area contributed by atoms with Crippen LogP contribution in [-0.4, -0.2) is 17.6 Å². The van der Waals surface area contributed by atoms with Gasteiger partial charge in [0.15, 0.2) is 0 Å². The maximum absolute atomic E-state index is 11.5. The molecule has 1 aliphatic rings. The van der Waals surface area contributed by atoms with Crippen LogP contribution < -0.4 is 0 Å². The van der Waals surface area contributed by atoms with Gasteiger partial charge in [-0.05, 0) is 24.5 Å². The topological polar surface area (TPSA) is 39.2 Å². The van der Waals surface area contributed by atoms with Crippen LogP contribution in [0.15, 0.2) is 18.3 Å². The summed E-state index contributed by atoms with van der Waals surface area (Å²) in [5, 5.41) is 0.379. The van der Waals surface area contributed by atoms with E-state index in [1.54, 1.807) is 12.1 Å². The third kappa shape index (κ3) is 3.20. The number of pyridine rings is 1. The fourth-order valence-corrected chi connectivity index (χ4v) is 1.42. The van der Waals surface area contributed by atoms with E-state index in [4.69, 9.17) is 16.3 Å².